The van der Waals surface area contributed by atoms with Gasteiger partial charge in [0.2, 0.25) is 0 Å². The molecule has 0 saturated heterocycles. The van der Waals surface area contributed by atoms with Crippen LogP contribution >= 0.6 is 0 Å². The number of hydrogen-bond donors (Lipinski definition) is 0. The molecule has 1 aliphatic rings. The summed E-state index contributed by atoms with van der Waals surface area (Å²) in [5, 5.41) is 11.3. The van der Waals surface area contributed by atoms with Crippen molar-refractivity contribution >= 4 is 11.5 Å². The van der Waals surface area contributed by atoms with Crippen molar-refractivity contribution in [3.05, 3.63) is 33.4 Å². The van der Waals surface area contributed by atoms with Crippen LogP contribution in [0.25, 0.3) is 0 Å². The zero-order valence-corrected chi connectivity index (χ0v) is 11.5. The highest BCUT2D eigenvalue weighted by atomic mass is 16.6. The average Bonchev–Trinajstić information content (AvgIpc) is 2.53. The van der Waals surface area contributed by atoms with Gasteiger partial charge >= 0.3 is 5.69 Å². The number of Topliss-reactive ketones (excluding diaryl/α,β-unsaturated/α-hetero) is 1. The third-order valence-corrected chi connectivity index (χ3v) is 3.62. The highest BCUT2D eigenvalue weighted by Gasteiger charge is 2.41. The fourth-order valence-electron chi connectivity index (χ4n) is 2.48. The number of benzene rings is 1. The summed E-state index contributed by atoms with van der Waals surface area (Å²) in [6.45, 7) is 7.31. The maximum Gasteiger partial charge on any atom is 0.321 e. The molecule has 0 radical (unpaired) electrons. The molecule has 1 aromatic carbocycles. The highest BCUT2D eigenvalue weighted by molar-refractivity contribution is 6.07. The van der Waals surface area contributed by atoms with Crippen molar-refractivity contribution < 1.29 is 14.5 Å². The molecule has 5 nitrogen and oxygen atoms in total. The van der Waals surface area contributed by atoms with Crippen molar-refractivity contribution in [2.24, 2.45) is 5.92 Å². The van der Waals surface area contributed by atoms with E-state index in [4.69, 9.17) is 4.74 Å². The van der Waals surface area contributed by atoms with Crippen molar-refractivity contribution in [1.82, 2.24) is 0 Å². The molecule has 2 unspecified atom stereocenters. The van der Waals surface area contributed by atoms with Crippen LogP contribution in [-0.2, 0) is 0 Å². The minimum atomic E-state index is -0.515. The van der Waals surface area contributed by atoms with E-state index in [2.05, 4.69) is 0 Å². The van der Waals surface area contributed by atoms with E-state index < -0.39 is 4.92 Å². The molecule has 0 N–H and O–H groups in total. The molecule has 0 spiro atoms. The molecule has 0 saturated carbocycles. The second kappa shape index (κ2) is 4.64. The zero-order chi connectivity index (χ0) is 14.3. The van der Waals surface area contributed by atoms with Crippen LogP contribution in [0.15, 0.2) is 12.1 Å². The van der Waals surface area contributed by atoms with Gasteiger partial charge in [0.05, 0.1) is 11.0 Å². The van der Waals surface area contributed by atoms with Crippen LogP contribution in [0.1, 0.15) is 49.5 Å². The van der Waals surface area contributed by atoms with E-state index in [1.54, 1.807) is 32.9 Å². The lowest BCUT2D eigenvalue weighted by atomic mass is 9.96. The molecule has 2 atom stereocenters. The number of carbonyl (C=O) groups excluding carboxylic acids is 1. The Morgan fingerprint density at radius 2 is 1.89 bits per heavy atom. The van der Waals surface area contributed by atoms with Crippen molar-refractivity contribution in [3.8, 4) is 5.75 Å². The van der Waals surface area contributed by atoms with Crippen LogP contribution in [0.2, 0.25) is 0 Å². The molecule has 0 aliphatic heterocycles. The highest BCUT2D eigenvalue weighted by Crippen LogP contribution is 2.45. The Morgan fingerprint density at radius 1 is 1.26 bits per heavy atom. The first kappa shape index (κ1) is 13.5. The number of ketones is 1. The topological polar surface area (TPSA) is 69.4 Å². The quantitative estimate of drug-likeness (QED) is 0.619. The van der Waals surface area contributed by atoms with Crippen LogP contribution in [0, 0.1) is 16.0 Å². The van der Waals surface area contributed by atoms with Gasteiger partial charge in [0.1, 0.15) is 5.56 Å². The molecule has 19 heavy (non-hydrogen) atoms. The fourth-order valence-corrected chi connectivity index (χ4v) is 2.48. The van der Waals surface area contributed by atoms with Gasteiger partial charge in [-0.15, -0.1) is 0 Å². The van der Waals surface area contributed by atoms with Gasteiger partial charge in [-0.2, -0.15) is 0 Å². The number of ether oxygens (including phenoxy) is 1. The Labute approximate surface area is 111 Å². The molecular formula is C14H17NO4. The molecule has 1 aromatic rings. The van der Waals surface area contributed by atoms with E-state index in [1.165, 1.54) is 0 Å². The largest absolute Gasteiger partial charge is 0.484 e. The minimum absolute atomic E-state index is 0.00861. The van der Waals surface area contributed by atoms with Crippen LogP contribution < -0.4 is 4.74 Å². The van der Waals surface area contributed by atoms with Gasteiger partial charge in [-0.1, -0.05) is 19.9 Å². The van der Waals surface area contributed by atoms with E-state index in [1.807, 2.05) is 6.92 Å². The second-order valence-corrected chi connectivity index (χ2v) is 5.24. The monoisotopic (exact) mass is 263 g/mol. The van der Waals surface area contributed by atoms with Gasteiger partial charge in [0.25, 0.3) is 0 Å². The van der Waals surface area contributed by atoms with Crippen molar-refractivity contribution in [1.29, 1.82) is 0 Å². The summed E-state index contributed by atoms with van der Waals surface area (Å²) >= 11 is 0. The van der Waals surface area contributed by atoms with E-state index >= 15 is 0 Å². The normalized spacial score (nSPS) is 21.6. The molecule has 0 bridgehead atoms. The first-order valence-electron chi connectivity index (χ1n) is 6.36. The molecule has 102 valence electrons. The van der Waals surface area contributed by atoms with Gasteiger partial charge in [-0.05, 0) is 31.4 Å². The average molecular weight is 263 g/mol. The summed E-state index contributed by atoms with van der Waals surface area (Å²) < 4.78 is 5.46. The number of fused-ring (bicyclic) bond motifs is 1. The van der Waals surface area contributed by atoms with Gasteiger partial charge in [-0.3, -0.25) is 14.9 Å². The first-order valence-corrected chi connectivity index (χ1v) is 6.36. The number of nitro groups is 1. The molecule has 0 fully saturated rings. The fraction of sp³-hybridized carbons (Fsp3) is 0.500. The molecule has 0 aromatic heterocycles. The predicted molar refractivity (Wildman–Crippen MR) is 70.8 cm³/mol. The van der Waals surface area contributed by atoms with Gasteiger partial charge < -0.3 is 4.74 Å². The molecular weight excluding hydrogens is 246 g/mol. The lowest BCUT2D eigenvalue weighted by molar-refractivity contribution is -0.386. The maximum atomic E-state index is 12.2. The number of nitro benzene ring substituents is 1. The lowest BCUT2D eigenvalue weighted by Crippen LogP contribution is -2.11. The lowest BCUT2D eigenvalue weighted by Gasteiger charge is -2.12. The second-order valence-electron chi connectivity index (χ2n) is 5.24. The Morgan fingerprint density at radius 3 is 2.42 bits per heavy atom. The van der Waals surface area contributed by atoms with Crippen LogP contribution in [0.5, 0.6) is 5.75 Å². The molecule has 0 heterocycles. The standard InChI is InChI=1S/C14H17NO4/c1-7(2)19-11-6-5-10-8(3)9(4)14(16)12(10)13(11)15(17)18/h5-9H,1-4H3. The van der Waals surface area contributed by atoms with E-state index in [0.717, 1.165) is 5.56 Å². The van der Waals surface area contributed by atoms with Crippen molar-refractivity contribution in [3.63, 3.8) is 0 Å². The Hall–Kier alpha value is -1.91. The molecule has 1 aliphatic carbocycles. The Kier molecular flexibility index (Phi) is 3.30. The summed E-state index contributed by atoms with van der Waals surface area (Å²) in [5.74, 6) is -0.200. The molecule has 5 heteroatoms. The van der Waals surface area contributed by atoms with E-state index in [0.29, 0.717) is 0 Å². The number of hydrogen-bond acceptors (Lipinski definition) is 4. The number of carbonyl (C=O) groups is 1. The van der Waals surface area contributed by atoms with Crippen LogP contribution in [0.4, 0.5) is 5.69 Å². The van der Waals surface area contributed by atoms with Gasteiger partial charge in [-0.25, -0.2) is 0 Å². The summed E-state index contributed by atoms with van der Waals surface area (Å²) in [6, 6.07) is 3.37. The minimum Gasteiger partial charge on any atom is -0.484 e. The third kappa shape index (κ3) is 2.09. The van der Waals surface area contributed by atoms with Crippen molar-refractivity contribution in [2.75, 3.05) is 0 Å². The Balaban J connectivity index is 2.65. The zero-order valence-electron chi connectivity index (χ0n) is 11.5. The summed E-state index contributed by atoms with van der Waals surface area (Å²) in [6.07, 6.45) is -0.178. The number of rotatable bonds is 3. The first-order chi connectivity index (χ1) is 8.84. The van der Waals surface area contributed by atoms with Crippen LogP contribution in [0.3, 0.4) is 0 Å². The third-order valence-electron chi connectivity index (χ3n) is 3.62. The molecule has 2 rings (SSSR count). The summed E-state index contributed by atoms with van der Waals surface area (Å²) in [7, 11) is 0. The molecule has 0 amide bonds. The van der Waals surface area contributed by atoms with Crippen LogP contribution in [-0.4, -0.2) is 16.8 Å². The van der Waals surface area contributed by atoms with E-state index in [-0.39, 0.29) is 40.7 Å². The number of nitrogens with zero attached hydrogens (tertiary/aromatic N) is 1. The van der Waals surface area contributed by atoms with Crippen molar-refractivity contribution in [2.45, 2.75) is 39.7 Å². The maximum absolute atomic E-state index is 12.2. The van der Waals surface area contributed by atoms with Gasteiger partial charge in [0.15, 0.2) is 11.5 Å². The SMILES string of the molecule is CC(C)Oc1ccc2c(c1[N+](=O)[O-])C(=O)C(C)C2C. The smallest absolute Gasteiger partial charge is 0.321 e. The van der Waals surface area contributed by atoms with Gasteiger partial charge in [0, 0.05) is 5.92 Å². The summed E-state index contributed by atoms with van der Waals surface area (Å²) in [5.41, 5.74) is 0.788. The van der Waals surface area contributed by atoms with E-state index in [9.17, 15) is 14.9 Å². The predicted octanol–water partition coefficient (Wildman–Crippen LogP) is 3.32. The Bertz CT molecular complexity index is 551. The summed E-state index contributed by atoms with van der Waals surface area (Å²) in [4.78, 5) is 23.0.